The molecule has 0 fully saturated rings. The molecule has 0 unspecified atom stereocenters. The van der Waals surface area contributed by atoms with E-state index in [1.54, 1.807) is 18.2 Å². The van der Waals surface area contributed by atoms with Gasteiger partial charge in [0.1, 0.15) is 17.5 Å². The highest BCUT2D eigenvalue weighted by Gasteiger charge is 2.05. The van der Waals surface area contributed by atoms with Gasteiger partial charge in [-0.3, -0.25) is 4.79 Å². The van der Waals surface area contributed by atoms with Crippen LogP contribution in [0.1, 0.15) is 21.7 Å². The number of carbonyl (C=O) groups is 1. The first-order valence-corrected chi connectivity index (χ1v) is 5.50. The average molecular weight is 245 g/mol. The monoisotopic (exact) mass is 245 g/mol. The molecule has 0 aliphatic carbocycles. The minimum atomic E-state index is -0.241. The van der Waals surface area contributed by atoms with E-state index in [0.29, 0.717) is 30.5 Å². The van der Waals surface area contributed by atoms with Crippen LogP contribution in [0, 0.1) is 5.82 Å². The van der Waals surface area contributed by atoms with E-state index in [0.717, 1.165) is 0 Å². The first kappa shape index (κ1) is 12.2. The van der Waals surface area contributed by atoms with E-state index in [4.69, 9.17) is 5.73 Å². The summed E-state index contributed by atoms with van der Waals surface area (Å²) in [5.74, 6) is 0.417. The van der Waals surface area contributed by atoms with Crippen molar-refractivity contribution in [3.8, 4) is 0 Å². The molecule has 0 saturated carbocycles. The summed E-state index contributed by atoms with van der Waals surface area (Å²) in [5, 5.41) is 0. The summed E-state index contributed by atoms with van der Waals surface area (Å²) in [6, 6.07) is 6.56. The zero-order valence-corrected chi connectivity index (χ0v) is 9.64. The smallest absolute Gasteiger partial charge is 0.155 e. The lowest BCUT2D eigenvalue weighted by Crippen LogP contribution is -2.05. The molecular weight excluding hydrogens is 233 g/mol. The molecule has 1 aromatic heterocycles. The number of halogens is 1. The summed E-state index contributed by atoms with van der Waals surface area (Å²) in [6.07, 6.45) is 2.96. The number of aldehydes is 1. The number of benzene rings is 1. The summed E-state index contributed by atoms with van der Waals surface area (Å²) < 4.78 is 13.4. The van der Waals surface area contributed by atoms with E-state index in [1.807, 2.05) is 0 Å². The van der Waals surface area contributed by atoms with Crippen molar-refractivity contribution in [3.63, 3.8) is 0 Å². The second-order valence-corrected chi connectivity index (χ2v) is 3.84. The predicted molar refractivity (Wildman–Crippen MR) is 65.6 cm³/mol. The lowest BCUT2D eigenvalue weighted by Gasteiger charge is -2.04. The van der Waals surface area contributed by atoms with Gasteiger partial charge in [0.05, 0.1) is 5.56 Å². The Labute approximate surface area is 104 Å². The van der Waals surface area contributed by atoms with Crippen molar-refractivity contribution in [1.82, 2.24) is 9.97 Å². The number of nitrogens with zero attached hydrogens (tertiary/aromatic N) is 2. The number of nitrogen functional groups attached to an aromatic ring is 1. The zero-order chi connectivity index (χ0) is 13.0. The summed E-state index contributed by atoms with van der Waals surface area (Å²) in [5.41, 5.74) is 6.45. The normalized spacial score (nSPS) is 10.3. The van der Waals surface area contributed by atoms with Crippen LogP contribution < -0.4 is 5.73 Å². The summed E-state index contributed by atoms with van der Waals surface area (Å²) in [7, 11) is 0. The van der Waals surface area contributed by atoms with Gasteiger partial charge in [0.15, 0.2) is 6.29 Å². The molecule has 2 rings (SSSR count). The third-order valence-electron chi connectivity index (χ3n) is 2.60. The predicted octanol–water partition coefficient (Wildman–Crippen LogP) is 1.80. The number of hydrogen-bond acceptors (Lipinski definition) is 4. The maximum Gasteiger partial charge on any atom is 0.155 e. The Balaban J connectivity index is 2.09. The van der Waals surface area contributed by atoms with Crippen LogP contribution >= 0.6 is 0 Å². The Morgan fingerprint density at radius 2 is 2.06 bits per heavy atom. The van der Waals surface area contributed by atoms with Gasteiger partial charge >= 0.3 is 0 Å². The first-order valence-electron chi connectivity index (χ1n) is 5.50. The van der Waals surface area contributed by atoms with Crippen molar-refractivity contribution >= 4 is 12.1 Å². The molecule has 0 aliphatic heterocycles. The van der Waals surface area contributed by atoms with E-state index < -0.39 is 0 Å². The SMILES string of the molecule is Nc1nc(CCc2ccccc2F)ncc1C=O. The summed E-state index contributed by atoms with van der Waals surface area (Å²) in [6.45, 7) is 0. The Morgan fingerprint density at radius 1 is 1.28 bits per heavy atom. The van der Waals surface area contributed by atoms with Gasteiger partial charge in [-0.25, -0.2) is 14.4 Å². The highest BCUT2D eigenvalue weighted by atomic mass is 19.1. The summed E-state index contributed by atoms with van der Waals surface area (Å²) in [4.78, 5) is 18.6. The molecule has 0 bridgehead atoms. The van der Waals surface area contributed by atoms with Crippen molar-refractivity contribution in [2.75, 3.05) is 5.73 Å². The highest BCUT2D eigenvalue weighted by molar-refractivity contribution is 5.80. The molecule has 1 heterocycles. The van der Waals surface area contributed by atoms with E-state index >= 15 is 0 Å². The van der Waals surface area contributed by atoms with Gasteiger partial charge < -0.3 is 5.73 Å². The number of hydrogen-bond donors (Lipinski definition) is 1. The van der Waals surface area contributed by atoms with Crippen LogP contribution in [0.3, 0.4) is 0 Å². The van der Waals surface area contributed by atoms with E-state index in [2.05, 4.69) is 9.97 Å². The van der Waals surface area contributed by atoms with Crippen LogP contribution in [0.5, 0.6) is 0 Å². The third kappa shape index (κ3) is 2.68. The number of aryl methyl sites for hydroxylation is 2. The molecule has 4 nitrogen and oxygen atoms in total. The molecule has 2 aromatic rings. The fourth-order valence-electron chi connectivity index (χ4n) is 1.60. The molecular formula is C13H12FN3O. The van der Waals surface area contributed by atoms with Crippen LogP contribution in [-0.4, -0.2) is 16.3 Å². The van der Waals surface area contributed by atoms with E-state index in [9.17, 15) is 9.18 Å². The van der Waals surface area contributed by atoms with Gasteiger partial charge in [0.25, 0.3) is 0 Å². The van der Waals surface area contributed by atoms with Gasteiger partial charge in [-0.2, -0.15) is 0 Å². The minimum absolute atomic E-state index is 0.156. The molecule has 0 amide bonds. The maximum absolute atomic E-state index is 13.4. The quantitative estimate of drug-likeness (QED) is 0.834. The highest BCUT2D eigenvalue weighted by Crippen LogP contribution is 2.10. The van der Waals surface area contributed by atoms with E-state index in [1.165, 1.54) is 12.3 Å². The molecule has 18 heavy (non-hydrogen) atoms. The van der Waals surface area contributed by atoms with Crippen LogP contribution in [0.15, 0.2) is 30.5 Å². The van der Waals surface area contributed by atoms with Gasteiger partial charge in [0, 0.05) is 12.6 Å². The Morgan fingerprint density at radius 3 is 2.72 bits per heavy atom. The minimum Gasteiger partial charge on any atom is -0.383 e. The van der Waals surface area contributed by atoms with Crippen molar-refractivity contribution in [2.45, 2.75) is 12.8 Å². The fraction of sp³-hybridized carbons (Fsp3) is 0.154. The van der Waals surface area contributed by atoms with Crippen molar-refractivity contribution in [1.29, 1.82) is 0 Å². The van der Waals surface area contributed by atoms with E-state index in [-0.39, 0.29) is 17.2 Å². The van der Waals surface area contributed by atoms with Crippen LogP contribution in [0.4, 0.5) is 10.2 Å². The Kier molecular flexibility index (Phi) is 3.62. The molecule has 0 aliphatic rings. The molecule has 92 valence electrons. The lowest BCUT2D eigenvalue weighted by atomic mass is 10.1. The molecule has 5 heteroatoms. The molecule has 0 spiro atoms. The number of anilines is 1. The zero-order valence-electron chi connectivity index (χ0n) is 9.64. The second kappa shape index (κ2) is 5.35. The number of rotatable bonds is 4. The molecule has 0 radical (unpaired) electrons. The first-order chi connectivity index (χ1) is 8.70. The number of carbonyl (C=O) groups excluding carboxylic acids is 1. The van der Waals surface area contributed by atoms with Crippen molar-refractivity contribution in [3.05, 3.63) is 53.2 Å². The molecule has 0 saturated heterocycles. The second-order valence-electron chi connectivity index (χ2n) is 3.84. The van der Waals surface area contributed by atoms with Gasteiger partial charge in [0.2, 0.25) is 0 Å². The number of nitrogens with two attached hydrogens (primary N) is 1. The standard InChI is InChI=1S/C13H12FN3O/c14-11-4-2-1-3-9(11)5-6-12-16-7-10(8-18)13(15)17-12/h1-4,7-8H,5-6H2,(H2,15,16,17). The van der Waals surface area contributed by atoms with Crippen LogP contribution in [-0.2, 0) is 12.8 Å². The third-order valence-corrected chi connectivity index (χ3v) is 2.60. The number of aromatic nitrogens is 2. The van der Waals surface area contributed by atoms with Gasteiger partial charge in [-0.1, -0.05) is 18.2 Å². The van der Waals surface area contributed by atoms with Crippen molar-refractivity contribution < 1.29 is 9.18 Å². The average Bonchev–Trinajstić information content (AvgIpc) is 2.38. The Bertz CT molecular complexity index is 572. The Hall–Kier alpha value is -2.30. The fourth-order valence-corrected chi connectivity index (χ4v) is 1.60. The maximum atomic E-state index is 13.4. The topological polar surface area (TPSA) is 68.9 Å². The molecule has 1 aromatic carbocycles. The van der Waals surface area contributed by atoms with Gasteiger partial charge in [-0.05, 0) is 18.1 Å². The largest absolute Gasteiger partial charge is 0.383 e. The van der Waals surface area contributed by atoms with Crippen LogP contribution in [0.25, 0.3) is 0 Å². The summed E-state index contributed by atoms with van der Waals surface area (Å²) >= 11 is 0. The molecule has 2 N–H and O–H groups in total. The molecule has 0 atom stereocenters. The van der Waals surface area contributed by atoms with Crippen LogP contribution in [0.2, 0.25) is 0 Å². The lowest BCUT2D eigenvalue weighted by molar-refractivity contribution is 0.112. The van der Waals surface area contributed by atoms with Crippen molar-refractivity contribution in [2.24, 2.45) is 0 Å². The van der Waals surface area contributed by atoms with Gasteiger partial charge in [-0.15, -0.1) is 0 Å².